The molecule has 4 aromatic carbocycles. The zero-order valence-electron chi connectivity index (χ0n) is 19.8. The lowest BCUT2D eigenvalue weighted by Crippen LogP contribution is -2.17. The maximum Gasteiger partial charge on any atom is 0.271 e. The number of ether oxygens (including phenoxy) is 4. The minimum Gasteiger partial charge on any atom is -0.493 e. The van der Waals surface area contributed by atoms with Crippen molar-refractivity contribution >= 4 is 22.9 Å². The number of hydrogen-bond donors (Lipinski definition) is 1. The predicted octanol–water partition coefficient (Wildman–Crippen LogP) is 5.21. The molecule has 0 fully saturated rings. The summed E-state index contributed by atoms with van der Waals surface area (Å²) in [5.41, 5.74) is 4.60. The number of hydrazone groups is 1. The van der Waals surface area contributed by atoms with E-state index in [1.54, 1.807) is 31.4 Å². The van der Waals surface area contributed by atoms with Gasteiger partial charge in [0, 0.05) is 11.1 Å². The maximum absolute atomic E-state index is 12.5. The van der Waals surface area contributed by atoms with Gasteiger partial charge in [0.25, 0.3) is 5.91 Å². The molecule has 4 rings (SSSR count). The highest BCUT2D eigenvalue weighted by molar-refractivity contribution is 5.95. The van der Waals surface area contributed by atoms with E-state index in [1.807, 2.05) is 42.5 Å². The van der Waals surface area contributed by atoms with Crippen LogP contribution in [0.25, 0.3) is 10.8 Å². The van der Waals surface area contributed by atoms with E-state index in [2.05, 4.69) is 22.7 Å². The lowest BCUT2D eigenvalue weighted by molar-refractivity contribution is 0.0955. The number of fused-ring (bicyclic) bond motifs is 1. The van der Waals surface area contributed by atoms with Gasteiger partial charge >= 0.3 is 0 Å². The molecule has 0 bridgehead atoms. The maximum atomic E-state index is 12.5. The monoisotopic (exact) mass is 470 g/mol. The van der Waals surface area contributed by atoms with Gasteiger partial charge in [-0.15, -0.1) is 0 Å². The number of carbonyl (C=O) groups excluding carboxylic acids is 1. The summed E-state index contributed by atoms with van der Waals surface area (Å²) in [5, 5.41) is 6.35. The van der Waals surface area contributed by atoms with E-state index >= 15 is 0 Å². The van der Waals surface area contributed by atoms with Gasteiger partial charge in [-0.2, -0.15) is 5.10 Å². The van der Waals surface area contributed by atoms with Crippen molar-refractivity contribution in [3.63, 3.8) is 0 Å². The standard InChI is InChI=1S/C28H26N2O5/c1-32-25-15-13-23(26(33-2)27(25)34-3)17-29-30-28(31)21-10-8-19(9-11-21)18-35-24-14-12-20-6-4-5-7-22(20)16-24/h4-17H,18H2,1-3H3,(H,30,31)/b29-17+. The van der Waals surface area contributed by atoms with Gasteiger partial charge in [0.2, 0.25) is 5.75 Å². The molecule has 0 unspecified atom stereocenters. The van der Waals surface area contributed by atoms with Gasteiger partial charge in [0.05, 0.1) is 27.5 Å². The van der Waals surface area contributed by atoms with Gasteiger partial charge < -0.3 is 18.9 Å². The second-order valence-corrected chi connectivity index (χ2v) is 7.62. The normalized spacial score (nSPS) is 10.8. The van der Waals surface area contributed by atoms with Crippen LogP contribution in [-0.2, 0) is 6.61 Å². The quantitative estimate of drug-likeness (QED) is 0.268. The summed E-state index contributed by atoms with van der Waals surface area (Å²) in [7, 11) is 4.60. The molecule has 1 N–H and O–H groups in total. The molecule has 0 aliphatic rings. The molecule has 0 aliphatic carbocycles. The molecule has 0 radical (unpaired) electrons. The highest BCUT2D eigenvalue weighted by atomic mass is 16.5. The predicted molar refractivity (Wildman–Crippen MR) is 136 cm³/mol. The Labute approximate surface area is 203 Å². The Bertz CT molecular complexity index is 1350. The molecule has 0 spiro atoms. The molecule has 178 valence electrons. The summed E-state index contributed by atoms with van der Waals surface area (Å²) in [5.74, 6) is 1.91. The number of benzene rings is 4. The van der Waals surface area contributed by atoms with E-state index in [0.29, 0.717) is 35.0 Å². The zero-order valence-corrected chi connectivity index (χ0v) is 19.8. The summed E-state index contributed by atoms with van der Waals surface area (Å²) < 4.78 is 22.0. The SMILES string of the molecule is COc1ccc(/C=N/NC(=O)c2ccc(COc3ccc4ccccc4c3)cc2)c(OC)c1OC. The molecule has 0 saturated carbocycles. The van der Waals surface area contributed by atoms with Crippen molar-refractivity contribution in [1.82, 2.24) is 5.43 Å². The first-order chi connectivity index (χ1) is 17.1. The van der Waals surface area contributed by atoms with Crippen LogP contribution >= 0.6 is 0 Å². The Balaban J connectivity index is 1.36. The Morgan fingerprint density at radius 3 is 2.29 bits per heavy atom. The highest BCUT2D eigenvalue weighted by Crippen LogP contribution is 2.38. The highest BCUT2D eigenvalue weighted by Gasteiger charge is 2.14. The van der Waals surface area contributed by atoms with Crippen molar-refractivity contribution in [1.29, 1.82) is 0 Å². The van der Waals surface area contributed by atoms with Crippen molar-refractivity contribution in [2.24, 2.45) is 5.10 Å². The van der Waals surface area contributed by atoms with E-state index in [9.17, 15) is 4.79 Å². The Morgan fingerprint density at radius 2 is 1.57 bits per heavy atom. The average Bonchev–Trinajstić information content (AvgIpc) is 2.91. The minimum atomic E-state index is -0.331. The molecule has 0 heterocycles. The number of amides is 1. The van der Waals surface area contributed by atoms with E-state index < -0.39 is 0 Å². The summed E-state index contributed by atoms with van der Waals surface area (Å²) in [4.78, 5) is 12.5. The fraction of sp³-hybridized carbons (Fsp3) is 0.143. The molecule has 7 nitrogen and oxygen atoms in total. The van der Waals surface area contributed by atoms with E-state index in [-0.39, 0.29) is 5.91 Å². The van der Waals surface area contributed by atoms with Crippen LogP contribution in [0.5, 0.6) is 23.0 Å². The minimum absolute atomic E-state index is 0.331. The summed E-state index contributed by atoms with van der Waals surface area (Å²) in [6, 6.07) is 24.8. The van der Waals surface area contributed by atoms with Crippen molar-refractivity contribution in [3.05, 3.63) is 95.6 Å². The molecule has 0 atom stereocenters. The molecular formula is C28H26N2O5. The van der Waals surface area contributed by atoms with Crippen LogP contribution in [0.15, 0.2) is 84.0 Å². The largest absolute Gasteiger partial charge is 0.493 e. The lowest BCUT2D eigenvalue weighted by Gasteiger charge is -2.13. The van der Waals surface area contributed by atoms with Crippen molar-refractivity contribution in [2.75, 3.05) is 21.3 Å². The fourth-order valence-electron chi connectivity index (χ4n) is 3.63. The molecule has 35 heavy (non-hydrogen) atoms. The topological polar surface area (TPSA) is 78.4 Å². The molecule has 7 heteroatoms. The van der Waals surface area contributed by atoms with Crippen molar-refractivity contribution < 1.29 is 23.7 Å². The molecule has 0 aromatic heterocycles. The molecule has 0 saturated heterocycles. The Hall–Kier alpha value is -4.52. The van der Waals surface area contributed by atoms with Gasteiger partial charge in [-0.3, -0.25) is 4.79 Å². The van der Waals surface area contributed by atoms with E-state index in [0.717, 1.165) is 16.7 Å². The third-order valence-electron chi connectivity index (χ3n) is 5.45. The molecule has 4 aromatic rings. The van der Waals surface area contributed by atoms with Gasteiger partial charge in [-0.05, 0) is 52.7 Å². The Morgan fingerprint density at radius 1 is 0.829 bits per heavy atom. The van der Waals surface area contributed by atoms with Crippen molar-refractivity contribution in [2.45, 2.75) is 6.61 Å². The van der Waals surface area contributed by atoms with Crippen LogP contribution in [0.2, 0.25) is 0 Å². The number of carbonyl (C=O) groups is 1. The number of rotatable bonds is 9. The lowest BCUT2D eigenvalue weighted by atomic mass is 10.1. The summed E-state index contributed by atoms with van der Waals surface area (Å²) in [6.45, 7) is 0.400. The molecular weight excluding hydrogens is 444 g/mol. The number of methoxy groups -OCH3 is 3. The molecule has 0 aliphatic heterocycles. The fourth-order valence-corrected chi connectivity index (χ4v) is 3.63. The van der Waals surface area contributed by atoms with Gasteiger partial charge in [0.1, 0.15) is 12.4 Å². The molecule has 1 amide bonds. The Kier molecular flexibility index (Phi) is 7.47. The van der Waals surface area contributed by atoms with Crippen LogP contribution in [0, 0.1) is 0 Å². The summed E-state index contributed by atoms with van der Waals surface area (Å²) >= 11 is 0. The van der Waals surface area contributed by atoms with Gasteiger partial charge in [-0.25, -0.2) is 5.43 Å². The second kappa shape index (κ2) is 11.1. The van der Waals surface area contributed by atoms with Gasteiger partial charge in [0.15, 0.2) is 11.5 Å². The number of nitrogens with one attached hydrogen (secondary N) is 1. The van der Waals surface area contributed by atoms with E-state index in [1.165, 1.54) is 25.8 Å². The third kappa shape index (κ3) is 5.52. The first-order valence-corrected chi connectivity index (χ1v) is 11.0. The average molecular weight is 471 g/mol. The van der Waals surface area contributed by atoms with E-state index in [4.69, 9.17) is 18.9 Å². The first kappa shape index (κ1) is 23.6. The first-order valence-electron chi connectivity index (χ1n) is 11.0. The van der Waals surface area contributed by atoms with Crippen LogP contribution in [0.3, 0.4) is 0 Å². The van der Waals surface area contributed by atoms with Crippen LogP contribution in [0.4, 0.5) is 0 Å². The second-order valence-electron chi connectivity index (χ2n) is 7.62. The smallest absolute Gasteiger partial charge is 0.271 e. The van der Waals surface area contributed by atoms with Gasteiger partial charge in [-0.1, -0.05) is 42.5 Å². The van der Waals surface area contributed by atoms with Crippen LogP contribution in [0.1, 0.15) is 21.5 Å². The summed E-state index contributed by atoms with van der Waals surface area (Å²) in [6.07, 6.45) is 1.49. The van der Waals surface area contributed by atoms with Crippen LogP contribution < -0.4 is 24.4 Å². The zero-order chi connectivity index (χ0) is 24.6. The number of hydrogen-bond acceptors (Lipinski definition) is 6. The number of nitrogens with zero attached hydrogens (tertiary/aromatic N) is 1. The van der Waals surface area contributed by atoms with Crippen LogP contribution in [-0.4, -0.2) is 33.5 Å². The van der Waals surface area contributed by atoms with Crippen molar-refractivity contribution in [3.8, 4) is 23.0 Å². The third-order valence-corrected chi connectivity index (χ3v) is 5.45.